The highest BCUT2D eigenvalue weighted by molar-refractivity contribution is 7.86. The summed E-state index contributed by atoms with van der Waals surface area (Å²) in [6, 6.07) is 0. The minimum atomic E-state index is -3.64. The molecular weight excluding hydrogens is 364 g/mol. The van der Waals surface area contributed by atoms with Crippen LogP contribution in [0.2, 0.25) is 0 Å². The van der Waals surface area contributed by atoms with Crippen LogP contribution in [0.1, 0.15) is 46.0 Å². The number of alkyl halides is 2. The molecule has 1 N–H and O–H groups in total. The number of rotatable bonds is 6. The molecule has 3 saturated heterocycles. The van der Waals surface area contributed by atoms with Crippen LogP contribution in [0.15, 0.2) is 0 Å². The van der Waals surface area contributed by atoms with E-state index in [1.54, 1.807) is 6.92 Å². The normalized spacial score (nSPS) is 30.3. The molecule has 3 aliphatic heterocycles. The van der Waals surface area contributed by atoms with Crippen LogP contribution in [-0.4, -0.2) is 78.0 Å². The molecule has 0 spiro atoms. The summed E-state index contributed by atoms with van der Waals surface area (Å²) in [5.74, 6) is -3.18. The van der Waals surface area contributed by atoms with Crippen molar-refractivity contribution in [1.29, 1.82) is 0 Å². The molecule has 2 atom stereocenters. The zero-order valence-corrected chi connectivity index (χ0v) is 16.5. The number of halogens is 2. The van der Waals surface area contributed by atoms with Crippen molar-refractivity contribution in [1.82, 2.24) is 13.5 Å². The lowest BCUT2D eigenvalue weighted by molar-refractivity contribution is -0.136. The van der Waals surface area contributed by atoms with Crippen LogP contribution in [0.3, 0.4) is 0 Å². The van der Waals surface area contributed by atoms with Crippen LogP contribution in [0.4, 0.5) is 8.78 Å². The summed E-state index contributed by atoms with van der Waals surface area (Å²) in [5.41, 5.74) is -1.01. The maximum absolute atomic E-state index is 13.1. The first kappa shape index (κ1) is 20.4. The topological polar surface area (TPSA) is 64.1 Å². The summed E-state index contributed by atoms with van der Waals surface area (Å²) in [5, 5.41) is 11.0. The highest BCUT2D eigenvalue weighted by Gasteiger charge is 2.46. The highest BCUT2D eigenvalue weighted by atomic mass is 32.2. The fourth-order valence-electron chi connectivity index (χ4n) is 4.54. The van der Waals surface area contributed by atoms with Gasteiger partial charge in [-0.05, 0) is 45.4 Å². The molecule has 0 aromatic carbocycles. The fourth-order valence-corrected chi connectivity index (χ4v) is 6.39. The average Bonchev–Trinajstić information content (AvgIpc) is 3.04. The third-order valence-corrected chi connectivity index (χ3v) is 8.06. The van der Waals surface area contributed by atoms with E-state index in [1.165, 1.54) is 8.61 Å². The summed E-state index contributed by atoms with van der Waals surface area (Å²) in [6.07, 6.45) is 3.34. The Hall–Kier alpha value is -0.350. The summed E-state index contributed by atoms with van der Waals surface area (Å²) >= 11 is 0. The summed E-state index contributed by atoms with van der Waals surface area (Å²) in [4.78, 5) is 2.05. The Labute approximate surface area is 155 Å². The molecule has 6 nitrogen and oxygen atoms in total. The molecule has 3 fully saturated rings. The van der Waals surface area contributed by atoms with E-state index >= 15 is 0 Å². The highest BCUT2D eigenvalue weighted by Crippen LogP contribution is 2.36. The molecule has 0 aliphatic carbocycles. The first-order valence-electron chi connectivity index (χ1n) is 9.60. The van der Waals surface area contributed by atoms with Gasteiger partial charge in [-0.1, -0.05) is 0 Å². The van der Waals surface area contributed by atoms with E-state index in [1.807, 2.05) is 0 Å². The standard InChI is InChI=1S/C17H31F2N3O3S/c1-16(18,19)10-14-11-22(12-14)26(24,25)21-9-5-6-15(13-21)17(2,23)20-7-3-4-8-20/h14-15,23H,3-13H2,1-2H3/t15-,17?/m0/s1. The second-order valence-corrected chi connectivity index (χ2v) is 10.4. The lowest BCUT2D eigenvalue weighted by Crippen LogP contribution is -2.60. The van der Waals surface area contributed by atoms with E-state index in [9.17, 15) is 22.3 Å². The molecule has 152 valence electrons. The van der Waals surface area contributed by atoms with E-state index in [2.05, 4.69) is 4.90 Å². The van der Waals surface area contributed by atoms with Gasteiger partial charge in [0.2, 0.25) is 5.92 Å². The van der Waals surface area contributed by atoms with Gasteiger partial charge in [0, 0.05) is 51.6 Å². The first-order valence-corrected chi connectivity index (χ1v) is 11.0. The van der Waals surface area contributed by atoms with Crippen molar-refractivity contribution in [3.8, 4) is 0 Å². The Balaban J connectivity index is 1.60. The van der Waals surface area contributed by atoms with Gasteiger partial charge in [0.15, 0.2) is 0 Å². The van der Waals surface area contributed by atoms with Crippen molar-refractivity contribution in [2.24, 2.45) is 11.8 Å². The Bertz CT molecular complexity index is 597. The van der Waals surface area contributed by atoms with Gasteiger partial charge >= 0.3 is 0 Å². The molecule has 0 aromatic heterocycles. The van der Waals surface area contributed by atoms with E-state index in [0.717, 1.165) is 39.3 Å². The number of hydrogen-bond acceptors (Lipinski definition) is 4. The van der Waals surface area contributed by atoms with E-state index < -0.39 is 21.9 Å². The predicted octanol–water partition coefficient (Wildman–Crippen LogP) is 1.72. The molecule has 3 heterocycles. The SMILES string of the molecule is CC(F)(F)CC1CN(S(=O)(=O)N2CCC[C@H](C(C)(O)N3CCCC3)C2)C1. The number of hydrogen-bond donors (Lipinski definition) is 1. The van der Waals surface area contributed by atoms with E-state index in [0.29, 0.717) is 13.0 Å². The predicted molar refractivity (Wildman–Crippen MR) is 94.9 cm³/mol. The summed E-state index contributed by atoms with van der Waals surface area (Å²) in [7, 11) is -3.64. The maximum Gasteiger partial charge on any atom is 0.282 e. The molecule has 0 bridgehead atoms. The second-order valence-electron chi connectivity index (χ2n) is 8.45. The van der Waals surface area contributed by atoms with Crippen LogP contribution >= 0.6 is 0 Å². The van der Waals surface area contributed by atoms with Gasteiger partial charge in [-0.25, -0.2) is 8.78 Å². The van der Waals surface area contributed by atoms with E-state index in [4.69, 9.17) is 0 Å². The third kappa shape index (κ3) is 4.22. The minimum Gasteiger partial charge on any atom is -0.376 e. The van der Waals surface area contributed by atoms with Crippen LogP contribution < -0.4 is 0 Å². The quantitative estimate of drug-likeness (QED) is 0.744. The first-order chi connectivity index (χ1) is 12.0. The Morgan fingerprint density at radius 1 is 1.00 bits per heavy atom. The van der Waals surface area contributed by atoms with Crippen LogP contribution in [-0.2, 0) is 10.2 Å². The van der Waals surface area contributed by atoms with Crippen molar-refractivity contribution < 1.29 is 22.3 Å². The van der Waals surface area contributed by atoms with Gasteiger partial charge in [-0.2, -0.15) is 17.0 Å². The van der Waals surface area contributed by atoms with E-state index in [-0.39, 0.29) is 37.9 Å². The van der Waals surface area contributed by atoms with Gasteiger partial charge in [0.25, 0.3) is 10.2 Å². The molecular formula is C17H31F2N3O3S. The van der Waals surface area contributed by atoms with Crippen LogP contribution in [0.25, 0.3) is 0 Å². The summed E-state index contributed by atoms with van der Waals surface area (Å²) in [6.45, 7) is 5.40. The molecule has 3 rings (SSSR count). The number of nitrogens with zero attached hydrogens (tertiary/aromatic N) is 3. The molecule has 26 heavy (non-hydrogen) atoms. The largest absolute Gasteiger partial charge is 0.376 e. The zero-order chi connectivity index (χ0) is 19.2. The number of piperidine rings is 1. The van der Waals surface area contributed by atoms with Crippen molar-refractivity contribution in [2.75, 3.05) is 39.3 Å². The lowest BCUT2D eigenvalue weighted by Gasteiger charge is -2.47. The van der Waals surface area contributed by atoms with Crippen molar-refractivity contribution >= 4 is 10.2 Å². The van der Waals surface area contributed by atoms with Crippen LogP contribution in [0.5, 0.6) is 0 Å². The fraction of sp³-hybridized carbons (Fsp3) is 1.00. The summed E-state index contributed by atoms with van der Waals surface area (Å²) < 4.78 is 54.6. The number of likely N-dealkylation sites (tertiary alicyclic amines) is 1. The van der Waals surface area contributed by atoms with Crippen LogP contribution in [0, 0.1) is 11.8 Å². The van der Waals surface area contributed by atoms with Gasteiger partial charge < -0.3 is 5.11 Å². The Morgan fingerprint density at radius 3 is 2.19 bits per heavy atom. The van der Waals surface area contributed by atoms with Crippen molar-refractivity contribution in [2.45, 2.75) is 57.6 Å². The Kier molecular flexibility index (Phi) is 5.67. The zero-order valence-electron chi connectivity index (χ0n) is 15.7. The van der Waals surface area contributed by atoms with Gasteiger partial charge in [0.1, 0.15) is 5.72 Å². The van der Waals surface area contributed by atoms with Crippen molar-refractivity contribution in [3.05, 3.63) is 0 Å². The minimum absolute atomic E-state index is 0.138. The second kappa shape index (κ2) is 7.24. The lowest BCUT2D eigenvalue weighted by atomic mass is 9.88. The molecule has 9 heteroatoms. The average molecular weight is 396 g/mol. The molecule has 1 unspecified atom stereocenters. The Morgan fingerprint density at radius 2 is 1.62 bits per heavy atom. The smallest absolute Gasteiger partial charge is 0.282 e. The van der Waals surface area contributed by atoms with Gasteiger partial charge in [-0.15, -0.1) is 0 Å². The molecule has 0 amide bonds. The van der Waals surface area contributed by atoms with Gasteiger partial charge in [0.05, 0.1) is 0 Å². The third-order valence-electron chi connectivity index (χ3n) is 6.13. The van der Waals surface area contributed by atoms with Crippen molar-refractivity contribution in [3.63, 3.8) is 0 Å². The monoisotopic (exact) mass is 395 g/mol. The molecule has 3 aliphatic rings. The van der Waals surface area contributed by atoms with Gasteiger partial charge in [-0.3, -0.25) is 4.90 Å². The molecule has 0 saturated carbocycles. The molecule has 0 radical (unpaired) electrons. The number of aliphatic hydroxyl groups is 1. The molecule has 0 aromatic rings. The maximum atomic E-state index is 13.1.